The zero-order chi connectivity index (χ0) is 13.8. The average Bonchev–Trinajstić information content (AvgIpc) is 2.46. The maximum absolute atomic E-state index is 12.5. The van der Waals surface area contributed by atoms with Crippen molar-refractivity contribution in [1.29, 1.82) is 0 Å². The van der Waals surface area contributed by atoms with Gasteiger partial charge in [-0.2, -0.15) is 0 Å². The van der Waals surface area contributed by atoms with Gasteiger partial charge < -0.3 is 10.2 Å². The van der Waals surface area contributed by atoms with E-state index in [4.69, 9.17) is 0 Å². The standard InChI is InChI=1S/C16H24N2O/c1-12-6-4-5-7-15(12)18(3)16(19)13-8-10-14(17-2)11-9-13/h8-12,15,17H,4-7H2,1-3H3. The largest absolute Gasteiger partial charge is 0.388 e. The summed E-state index contributed by atoms with van der Waals surface area (Å²) in [7, 11) is 3.83. The zero-order valence-electron chi connectivity index (χ0n) is 12.1. The molecule has 0 aromatic heterocycles. The van der Waals surface area contributed by atoms with Crippen molar-refractivity contribution in [2.45, 2.75) is 38.6 Å². The Morgan fingerprint density at radius 3 is 2.42 bits per heavy atom. The predicted molar refractivity (Wildman–Crippen MR) is 79.5 cm³/mol. The van der Waals surface area contributed by atoms with Crippen LogP contribution >= 0.6 is 0 Å². The summed E-state index contributed by atoms with van der Waals surface area (Å²) in [6, 6.07) is 8.10. The number of amides is 1. The van der Waals surface area contributed by atoms with Crippen molar-refractivity contribution in [1.82, 2.24) is 4.90 Å². The SMILES string of the molecule is CNc1ccc(C(=O)N(C)C2CCCCC2C)cc1. The summed E-state index contributed by atoms with van der Waals surface area (Å²) in [5.41, 5.74) is 1.81. The number of carbonyl (C=O) groups excluding carboxylic acids is 1. The minimum absolute atomic E-state index is 0.140. The van der Waals surface area contributed by atoms with Gasteiger partial charge in [-0.1, -0.05) is 19.8 Å². The quantitative estimate of drug-likeness (QED) is 0.903. The van der Waals surface area contributed by atoms with E-state index in [0.717, 1.165) is 17.7 Å². The Balaban J connectivity index is 2.08. The van der Waals surface area contributed by atoms with E-state index in [1.54, 1.807) is 0 Å². The lowest BCUT2D eigenvalue weighted by molar-refractivity contribution is 0.0629. The van der Waals surface area contributed by atoms with Crippen LogP contribution in [0.5, 0.6) is 0 Å². The molecule has 1 amide bonds. The fraction of sp³-hybridized carbons (Fsp3) is 0.562. The Morgan fingerprint density at radius 2 is 1.84 bits per heavy atom. The molecule has 2 rings (SSSR count). The van der Waals surface area contributed by atoms with Gasteiger partial charge in [-0.05, 0) is 43.0 Å². The topological polar surface area (TPSA) is 32.3 Å². The van der Waals surface area contributed by atoms with Crippen molar-refractivity contribution >= 4 is 11.6 Å². The molecule has 19 heavy (non-hydrogen) atoms. The third-order valence-electron chi connectivity index (χ3n) is 4.30. The first-order valence-corrected chi connectivity index (χ1v) is 7.18. The molecule has 1 aliphatic rings. The molecule has 0 heterocycles. The number of nitrogens with zero attached hydrogens (tertiary/aromatic N) is 1. The van der Waals surface area contributed by atoms with Crippen molar-refractivity contribution in [3.05, 3.63) is 29.8 Å². The molecule has 3 heteroatoms. The van der Waals surface area contributed by atoms with E-state index >= 15 is 0 Å². The summed E-state index contributed by atoms with van der Waals surface area (Å²) in [6.07, 6.45) is 4.92. The Bertz CT molecular complexity index is 427. The van der Waals surface area contributed by atoms with E-state index in [0.29, 0.717) is 12.0 Å². The molecule has 1 saturated carbocycles. The summed E-state index contributed by atoms with van der Waals surface area (Å²) in [5, 5.41) is 3.07. The van der Waals surface area contributed by atoms with E-state index in [1.807, 2.05) is 43.3 Å². The van der Waals surface area contributed by atoms with Gasteiger partial charge in [0.15, 0.2) is 0 Å². The fourth-order valence-electron chi connectivity index (χ4n) is 3.01. The predicted octanol–water partition coefficient (Wildman–Crippen LogP) is 3.38. The van der Waals surface area contributed by atoms with Gasteiger partial charge in [0.2, 0.25) is 0 Å². The molecule has 1 aliphatic carbocycles. The highest BCUT2D eigenvalue weighted by atomic mass is 16.2. The molecule has 3 nitrogen and oxygen atoms in total. The average molecular weight is 260 g/mol. The van der Waals surface area contributed by atoms with Gasteiger partial charge in [0.25, 0.3) is 5.91 Å². The molecule has 2 unspecified atom stereocenters. The summed E-state index contributed by atoms with van der Waals surface area (Å²) in [6.45, 7) is 2.26. The first-order valence-electron chi connectivity index (χ1n) is 7.18. The number of hydrogen-bond acceptors (Lipinski definition) is 2. The first-order chi connectivity index (χ1) is 9.13. The normalized spacial score (nSPS) is 22.9. The molecule has 0 spiro atoms. The van der Waals surface area contributed by atoms with Crippen LogP contribution in [0, 0.1) is 5.92 Å². The van der Waals surface area contributed by atoms with Crippen LogP contribution in [0.2, 0.25) is 0 Å². The zero-order valence-corrected chi connectivity index (χ0v) is 12.1. The molecule has 104 valence electrons. The lowest BCUT2D eigenvalue weighted by Crippen LogP contribution is -2.42. The van der Waals surface area contributed by atoms with Crippen LogP contribution in [-0.4, -0.2) is 30.9 Å². The van der Waals surface area contributed by atoms with E-state index in [2.05, 4.69) is 12.2 Å². The third-order valence-corrected chi connectivity index (χ3v) is 4.30. The summed E-state index contributed by atoms with van der Waals surface area (Å²) in [4.78, 5) is 14.4. The van der Waals surface area contributed by atoms with Crippen LogP contribution in [-0.2, 0) is 0 Å². The van der Waals surface area contributed by atoms with E-state index < -0.39 is 0 Å². The van der Waals surface area contributed by atoms with Crippen LogP contribution < -0.4 is 5.32 Å². The number of anilines is 1. The van der Waals surface area contributed by atoms with Gasteiger partial charge in [0.1, 0.15) is 0 Å². The Morgan fingerprint density at radius 1 is 1.21 bits per heavy atom. The minimum atomic E-state index is 0.140. The fourth-order valence-corrected chi connectivity index (χ4v) is 3.01. The maximum atomic E-state index is 12.5. The Hall–Kier alpha value is -1.51. The molecular formula is C16H24N2O. The van der Waals surface area contributed by atoms with Gasteiger partial charge in [-0.3, -0.25) is 4.79 Å². The molecule has 1 fully saturated rings. The second-order valence-electron chi connectivity index (χ2n) is 5.57. The van der Waals surface area contributed by atoms with Gasteiger partial charge in [0, 0.05) is 31.4 Å². The van der Waals surface area contributed by atoms with Crippen LogP contribution in [0.1, 0.15) is 43.0 Å². The van der Waals surface area contributed by atoms with Crippen molar-refractivity contribution < 1.29 is 4.79 Å². The number of rotatable bonds is 3. The molecule has 0 aliphatic heterocycles. The van der Waals surface area contributed by atoms with E-state index in [9.17, 15) is 4.79 Å². The molecule has 1 N–H and O–H groups in total. The van der Waals surface area contributed by atoms with Crippen LogP contribution in [0.25, 0.3) is 0 Å². The summed E-state index contributed by atoms with van der Waals surface area (Å²) in [5.74, 6) is 0.751. The van der Waals surface area contributed by atoms with Crippen molar-refractivity contribution in [2.75, 3.05) is 19.4 Å². The maximum Gasteiger partial charge on any atom is 0.253 e. The lowest BCUT2D eigenvalue weighted by atomic mass is 9.85. The van der Waals surface area contributed by atoms with Gasteiger partial charge in [-0.25, -0.2) is 0 Å². The highest BCUT2D eigenvalue weighted by Crippen LogP contribution is 2.28. The Kier molecular flexibility index (Phi) is 4.46. The minimum Gasteiger partial charge on any atom is -0.388 e. The van der Waals surface area contributed by atoms with Crippen molar-refractivity contribution in [3.63, 3.8) is 0 Å². The number of benzene rings is 1. The third kappa shape index (κ3) is 3.09. The number of hydrogen-bond donors (Lipinski definition) is 1. The molecule has 0 bridgehead atoms. The van der Waals surface area contributed by atoms with Gasteiger partial charge >= 0.3 is 0 Å². The molecule has 0 saturated heterocycles. The molecule has 0 radical (unpaired) electrons. The Labute approximate surface area is 116 Å². The van der Waals surface area contributed by atoms with Crippen LogP contribution in [0.4, 0.5) is 5.69 Å². The molecule has 1 aromatic rings. The highest BCUT2D eigenvalue weighted by molar-refractivity contribution is 5.94. The van der Waals surface area contributed by atoms with Crippen LogP contribution in [0.15, 0.2) is 24.3 Å². The second kappa shape index (κ2) is 6.09. The second-order valence-corrected chi connectivity index (χ2v) is 5.57. The molecule has 2 atom stereocenters. The highest BCUT2D eigenvalue weighted by Gasteiger charge is 2.28. The lowest BCUT2D eigenvalue weighted by Gasteiger charge is -2.36. The van der Waals surface area contributed by atoms with E-state index in [-0.39, 0.29) is 5.91 Å². The monoisotopic (exact) mass is 260 g/mol. The van der Waals surface area contributed by atoms with E-state index in [1.165, 1.54) is 19.3 Å². The van der Waals surface area contributed by atoms with Crippen LogP contribution in [0.3, 0.4) is 0 Å². The smallest absolute Gasteiger partial charge is 0.253 e. The molecular weight excluding hydrogens is 236 g/mol. The van der Waals surface area contributed by atoms with Crippen molar-refractivity contribution in [3.8, 4) is 0 Å². The number of nitrogens with one attached hydrogen (secondary N) is 1. The number of carbonyl (C=O) groups is 1. The van der Waals surface area contributed by atoms with Gasteiger partial charge in [0.05, 0.1) is 0 Å². The summed E-state index contributed by atoms with van der Waals surface area (Å²) < 4.78 is 0. The van der Waals surface area contributed by atoms with Gasteiger partial charge in [-0.15, -0.1) is 0 Å². The molecule has 1 aromatic carbocycles. The summed E-state index contributed by atoms with van der Waals surface area (Å²) >= 11 is 0. The van der Waals surface area contributed by atoms with Crippen molar-refractivity contribution in [2.24, 2.45) is 5.92 Å². The first kappa shape index (κ1) is 13.9.